The highest BCUT2D eigenvalue weighted by Crippen LogP contribution is 2.35. The summed E-state index contributed by atoms with van der Waals surface area (Å²) in [6.45, 7) is -1.97. The number of oxazole rings is 2. The van der Waals surface area contributed by atoms with Crippen LogP contribution in [0.5, 0.6) is 0 Å². The number of nitrogens with two attached hydrogens (primary N) is 3. The molecular weight excluding hydrogens is 1040 g/mol. The van der Waals surface area contributed by atoms with E-state index in [-0.39, 0.29) is 32.3 Å². The molecule has 2 fully saturated rings. The van der Waals surface area contributed by atoms with Gasteiger partial charge in [0, 0.05) is 35.7 Å². The summed E-state index contributed by atoms with van der Waals surface area (Å²) >= 11 is 12.7. The first kappa shape index (κ1) is 55.1. The van der Waals surface area contributed by atoms with Crippen LogP contribution in [-0.2, 0) is 22.7 Å². The summed E-state index contributed by atoms with van der Waals surface area (Å²) in [5.41, 5.74) is 23.6. The number of carboxylic acid groups (broad SMARTS) is 1. The lowest BCUT2D eigenvalue weighted by atomic mass is 10.0. The number of halogens is 6. The van der Waals surface area contributed by atoms with Crippen molar-refractivity contribution >= 4 is 92.9 Å². The molecule has 17 nitrogen and oxygen atoms in total. The summed E-state index contributed by atoms with van der Waals surface area (Å²) in [5, 5.41) is 11.7. The molecule has 2 saturated heterocycles. The zero-order chi connectivity index (χ0) is 53.6. The second-order valence-electron chi connectivity index (χ2n) is 17.0. The lowest BCUT2D eigenvalue weighted by Gasteiger charge is -2.38. The van der Waals surface area contributed by atoms with E-state index >= 15 is 0 Å². The molecule has 2 aliphatic rings. The van der Waals surface area contributed by atoms with Gasteiger partial charge in [0.25, 0.3) is 23.7 Å². The van der Waals surface area contributed by atoms with Gasteiger partial charge in [-0.2, -0.15) is 0 Å². The van der Waals surface area contributed by atoms with Crippen LogP contribution in [0.1, 0.15) is 51.1 Å². The third-order valence-electron chi connectivity index (χ3n) is 11.2. The number of likely N-dealkylation sites (tertiary alicyclic amines) is 2. The number of carbonyl (C=O) groups excluding carboxylic acids is 3. The van der Waals surface area contributed by atoms with E-state index in [1.165, 1.54) is 18.3 Å². The highest BCUT2D eigenvalue weighted by Gasteiger charge is 2.47. The molecule has 6 heterocycles. The van der Waals surface area contributed by atoms with Gasteiger partial charge in [0.05, 0.1) is 49.3 Å². The zero-order valence-electron chi connectivity index (χ0n) is 39.0. The quantitative estimate of drug-likeness (QED) is 0.0597. The van der Waals surface area contributed by atoms with E-state index in [0.717, 1.165) is 43.7 Å². The number of alkyl halides is 4. The predicted octanol–water partition coefficient (Wildman–Crippen LogP) is 9.64. The molecule has 0 unspecified atom stereocenters. The molecule has 10 rings (SSSR count). The number of hydrogen-bond donors (Lipinski definition) is 5. The van der Waals surface area contributed by atoms with E-state index < -0.39 is 55.8 Å². The number of carboxylic acids is 1. The van der Waals surface area contributed by atoms with Crippen LogP contribution in [0, 0.1) is 0 Å². The van der Waals surface area contributed by atoms with Gasteiger partial charge >= 0.3 is 5.97 Å². The zero-order valence-corrected chi connectivity index (χ0v) is 40.5. The molecule has 4 aromatic carbocycles. The standard InChI is InChI=1S/C26H20ClF2N5O3.C18H14ClF2N3O2.C8H8N2O2.CH4/c27-19-9-18(16-3-5-17(6-4-16)25(36)34-13-26(28,29)14-34)10-20-24(19)37-23(33-20)12-32-22(35)8-2-15-1-7-21(30)31-11-15;19-13-5-12(6-14-16(13)26-15(7-22)23-14)10-1-3-11(4-2-10)17(25)24-8-18(20,21)9-24;9-7-3-1-6(5-10-7)2-4-8(11)12;/h1-11H,12-14H2,(H2,30,31)(H,32,35);1-6H,7-9,22H2;1-5H,(H2,9,10)(H,11,12);1H4/b8-2+;;4-2+;. The Bertz CT molecular complexity index is 3470. The number of pyridine rings is 2. The third-order valence-corrected chi connectivity index (χ3v) is 11.8. The number of hydrogen-bond acceptors (Lipinski definition) is 13. The van der Waals surface area contributed by atoms with Gasteiger partial charge in [-0.3, -0.25) is 14.4 Å². The van der Waals surface area contributed by atoms with E-state index in [9.17, 15) is 36.7 Å². The van der Waals surface area contributed by atoms with Gasteiger partial charge in [0.15, 0.2) is 11.2 Å². The van der Waals surface area contributed by atoms with E-state index in [1.807, 2.05) is 6.07 Å². The molecule has 76 heavy (non-hydrogen) atoms. The van der Waals surface area contributed by atoms with Crippen molar-refractivity contribution in [1.29, 1.82) is 0 Å². The van der Waals surface area contributed by atoms with Gasteiger partial charge < -0.3 is 46.3 Å². The minimum Gasteiger partial charge on any atom is -0.478 e. The predicted molar refractivity (Wildman–Crippen MR) is 280 cm³/mol. The van der Waals surface area contributed by atoms with Crippen LogP contribution in [0.2, 0.25) is 10.0 Å². The molecule has 0 bridgehead atoms. The second kappa shape index (κ2) is 23.3. The lowest BCUT2D eigenvalue weighted by Crippen LogP contribution is -2.58. The largest absolute Gasteiger partial charge is 0.478 e. The van der Waals surface area contributed by atoms with E-state index in [0.29, 0.717) is 66.5 Å². The molecule has 0 spiro atoms. The van der Waals surface area contributed by atoms with Crippen molar-refractivity contribution < 1.29 is 50.7 Å². The number of fused-ring (bicyclic) bond motifs is 2. The second-order valence-corrected chi connectivity index (χ2v) is 17.8. The molecule has 4 aromatic heterocycles. The van der Waals surface area contributed by atoms with Crippen LogP contribution < -0.4 is 22.5 Å². The Labute approximate surface area is 440 Å². The molecule has 0 radical (unpaired) electrons. The third kappa shape index (κ3) is 13.7. The van der Waals surface area contributed by atoms with Crippen molar-refractivity contribution in [3.8, 4) is 22.3 Å². The van der Waals surface area contributed by atoms with Crippen molar-refractivity contribution in [3.05, 3.63) is 166 Å². The molecule has 0 atom stereocenters. The number of nitrogens with zero attached hydrogens (tertiary/aromatic N) is 6. The molecule has 2 aliphatic heterocycles. The molecular formula is C53H46Cl2F4N10O7. The van der Waals surface area contributed by atoms with Gasteiger partial charge in [0.1, 0.15) is 22.7 Å². The van der Waals surface area contributed by atoms with Gasteiger partial charge in [-0.25, -0.2) is 42.3 Å². The average Bonchev–Trinajstić information content (AvgIpc) is 4.02. The summed E-state index contributed by atoms with van der Waals surface area (Å²) in [6.07, 6.45) is 8.53. The number of nitrogens with one attached hydrogen (secondary N) is 1. The Kier molecular flexibility index (Phi) is 16.9. The van der Waals surface area contributed by atoms with Crippen molar-refractivity contribution in [1.82, 2.24) is 35.1 Å². The van der Waals surface area contributed by atoms with Crippen LogP contribution in [0.15, 0.2) is 130 Å². The molecule has 0 saturated carbocycles. The fraction of sp³-hybridized carbons (Fsp3) is 0.170. The molecule has 0 aliphatic carbocycles. The summed E-state index contributed by atoms with van der Waals surface area (Å²) in [4.78, 5) is 65.4. The molecule has 8 aromatic rings. The number of aromatic nitrogens is 4. The number of aliphatic carboxylic acids is 1. The summed E-state index contributed by atoms with van der Waals surface area (Å²) in [7, 11) is 0. The lowest BCUT2D eigenvalue weighted by molar-refractivity contribution is -0.131. The maximum atomic E-state index is 13.1. The normalized spacial score (nSPS) is 14.2. The Morgan fingerprint density at radius 2 is 1.05 bits per heavy atom. The van der Waals surface area contributed by atoms with Crippen molar-refractivity contribution in [2.24, 2.45) is 5.73 Å². The monoisotopic (exact) mass is 1080 g/mol. The van der Waals surface area contributed by atoms with Crippen LogP contribution >= 0.6 is 23.2 Å². The molecule has 3 amide bonds. The summed E-state index contributed by atoms with van der Waals surface area (Å²) in [5.74, 6) is -6.27. The Hall–Kier alpha value is -8.66. The fourth-order valence-electron chi connectivity index (χ4n) is 7.45. The van der Waals surface area contributed by atoms with Crippen molar-refractivity contribution in [2.75, 3.05) is 37.6 Å². The van der Waals surface area contributed by atoms with E-state index in [4.69, 9.17) is 54.3 Å². The van der Waals surface area contributed by atoms with Gasteiger partial charge in [-0.1, -0.05) is 54.9 Å². The maximum Gasteiger partial charge on any atom is 0.328 e. The molecule has 8 N–H and O–H groups in total. The maximum absolute atomic E-state index is 13.1. The number of carbonyl (C=O) groups is 4. The first-order valence-electron chi connectivity index (χ1n) is 22.4. The van der Waals surface area contributed by atoms with E-state index in [1.54, 1.807) is 103 Å². The number of rotatable bonds is 11. The number of amides is 3. The number of anilines is 2. The SMILES string of the molecule is C.NCc1nc2cc(-c3ccc(C(=O)N4CC(F)(F)C4)cc3)cc(Cl)c2o1.Nc1ccc(/C=C/C(=O)NCc2nc3cc(-c4ccc(C(=O)N5CC(F)(F)C5)cc4)cc(Cl)c3o2)cn1.Nc1ccc(/C=C/C(=O)O)cn1. The Morgan fingerprint density at radius 1 is 0.632 bits per heavy atom. The number of benzene rings is 4. The van der Waals surface area contributed by atoms with Gasteiger partial charge in [0.2, 0.25) is 17.7 Å². The smallest absolute Gasteiger partial charge is 0.328 e. The Balaban J connectivity index is 0.000000186. The van der Waals surface area contributed by atoms with Crippen molar-refractivity contribution in [2.45, 2.75) is 32.4 Å². The molecule has 392 valence electrons. The average molecular weight is 1080 g/mol. The highest BCUT2D eigenvalue weighted by molar-refractivity contribution is 6.35. The first-order valence-corrected chi connectivity index (χ1v) is 23.2. The van der Waals surface area contributed by atoms with Crippen LogP contribution in [-0.4, -0.2) is 96.6 Å². The number of nitrogen functional groups attached to an aromatic ring is 2. The van der Waals surface area contributed by atoms with Gasteiger partial charge in [-0.05, 0) is 118 Å². The summed E-state index contributed by atoms with van der Waals surface area (Å²) in [6, 6.07) is 27.0. The van der Waals surface area contributed by atoms with Gasteiger partial charge in [-0.15, -0.1) is 0 Å². The topological polar surface area (TPSA) is 263 Å². The fourth-order valence-corrected chi connectivity index (χ4v) is 7.96. The first-order chi connectivity index (χ1) is 35.7. The minimum atomic E-state index is -2.81. The Morgan fingerprint density at radius 3 is 1.45 bits per heavy atom. The van der Waals surface area contributed by atoms with Crippen LogP contribution in [0.4, 0.5) is 29.2 Å². The van der Waals surface area contributed by atoms with E-state index in [2.05, 4.69) is 25.3 Å². The highest BCUT2D eigenvalue weighted by atomic mass is 35.5. The summed E-state index contributed by atoms with van der Waals surface area (Å²) < 4.78 is 63.1. The van der Waals surface area contributed by atoms with Crippen LogP contribution in [0.3, 0.4) is 0 Å². The molecule has 23 heteroatoms. The van der Waals surface area contributed by atoms with Crippen LogP contribution in [0.25, 0.3) is 56.6 Å². The van der Waals surface area contributed by atoms with Crippen molar-refractivity contribution in [3.63, 3.8) is 0 Å². The minimum absolute atomic E-state index is 0.